The van der Waals surface area contributed by atoms with Gasteiger partial charge in [0, 0.05) is 18.1 Å². The van der Waals surface area contributed by atoms with E-state index in [1.54, 1.807) is 57.8 Å². The van der Waals surface area contributed by atoms with Crippen LogP contribution < -0.4 is 0 Å². The van der Waals surface area contributed by atoms with E-state index in [0.717, 1.165) is 65.5 Å². The zero-order chi connectivity index (χ0) is 20.9. The molecule has 0 spiro atoms. The van der Waals surface area contributed by atoms with Crippen LogP contribution in [0.5, 0.6) is 0 Å². The third-order valence-corrected chi connectivity index (χ3v) is 11.9. The van der Waals surface area contributed by atoms with Gasteiger partial charge in [0.2, 0.25) is 0 Å². The number of hydrogen-bond acceptors (Lipinski definition) is 1. The summed E-state index contributed by atoms with van der Waals surface area (Å²) in [6.07, 6.45) is 26.3. The smallest absolute Gasteiger partial charge is 0.0132 e. The lowest BCUT2D eigenvalue weighted by Crippen LogP contribution is -2.58. The summed E-state index contributed by atoms with van der Waals surface area (Å²) in [7, 11) is 0. The van der Waals surface area contributed by atoms with E-state index in [1.807, 2.05) is 0 Å². The average Bonchev–Trinajstić information content (AvgIpc) is 3.11. The van der Waals surface area contributed by atoms with Crippen molar-refractivity contribution >= 4 is 0 Å². The molecule has 176 valence electrons. The summed E-state index contributed by atoms with van der Waals surface area (Å²) in [4.78, 5) is 3.30. The van der Waals surface area contributed by atoms with Crippen molar-refractivity contribution in [2.24, 2.45) is 47.3 Å². The number of nitrogens with zero attached hydrogens (tertiary/aromatic N) is 1. The van der Waals surface area contributed by atoms with Gasteiger partial charge >= 0.3 is 0 Å². The number of rotatable bonds is 3. The van der Waals surface area contributed by atoms with Gasteiger partial charge in [-0.15, -0.1) is 0 Å². The Hall–Kier alpha value is -0.0400. The van der Waals surface area contributed by atoms with Gasteiger partial charge in [-0.25, -0.2) is 0 Å². The topological polar surface area (TPSA) is 3.24 Å². The average molecular weight is 426 g/mol. The third-order valence-electron chi connectivity index (χ3n) is 11.9. The minimum atomic E-state index is 0.921. The van der Waals surface area contributed by atoms with E-state index >= 15 is 0 Å². The zero-order valence-corrected chi connectivity index (χ0v) is 20.8. The van der Waals surface area contributed by atoms with Crippen LogP contribution in [0.4, 0.5) is 0 Å². The molecule has 6 aliphatic carbocycles. The minimum absolute atomic E-state index is 0.921. The van der Waals surface area contributed by atoms with Gasteiger partial charge in [0.25, 0.3) is 0 Å². The molecule has 0 aromatic carbocycles. The fraction of sp³-hybridized carbons (Fsp3) is 1.00. The molecule has 0 N–H and O–H groups in total. The Labute approximate surface area is 193 Å². The predicted octanol–water partition coefficient (Wildman–Crippen LogP) is 8.08. The van der Waals surface area contributed by atoms with E-state index in [4.69, 9.17) is 0 Å². The molecule has 0 saturated heterocycles. The lowest BCUT2D eigenvalue weighted by atomic mass is 9.61. The van der Waals surface area contributed by atoms with Crippen LogP contribution in [0, 0.1) is 47.3 Å². The SMILES string of the molecule is CC1CCCC(N(C2CCCC(C)C2)C2CCC3C4CCCCC4C4CCCC2C43)C1. The van der Waals surface area contributed by atoms with Gasteiger partial charge in [0.1, 0.15) is 0 Å². The number of hydrogen-bond donors (Lipinski definition) is 0. The second-order valence-electron chi connectivity index (χ2n) is 13.6. The highest BCUT2D eigenvalue weighted by atomic mass is 15.2. The van der Waals surface area contributed by atoms with Gasteiger partial charge < -0.3 is 0 Å². The van der Waals surface area contributed by atoms with E-state index in [0.29, 0.717) is 0 Å². The molecule has 0 aromatic rings. The van der Waals surface area contributed by atoms with Crippen molar-refractivity contribution in [3.05, 3.63) is 0 Å². The van der Waals surface area contributed by atoms with Gasteiger partial charge in [-0.1, -0.05) is 58.8 Å². The quantitative estimate of drug-likeness (QED) is 0.442. The van der Waals surface area contributed by atoms with Crippen molar-refractivity contribution in [3.8, 4) is 0 Å². The molecule has 11 atom stereocenters. The Balaban J connectivity index is 1.30. The second kappa shape index (κ2) is 8.96. The molecule has 0 aliphatic heterocycles. The van der Waals surface area contributed by atoms with Gasteiger partial charge in [-0.05, 0) is 112 Å². The third kappa shape index (κ3) is 3.85. The number of fused-ring (bicyclic) bond motifs is 3. The Kier molecular flexibility index (Phi) is 6.21. The zero-order valence-electron chi connectivity index (χ0n) is 20.8. The summed E-state index contributed by atoms with van der Waals surface area (Å²) >= 11 is 0. The molecule has 1 heteroatoms. The molecule has 1 nitrogen and oxygen atoms in total. The summed E-state index contributed by atoms with van der Waals surface area (Å²) in [5, 5.41) is 0. The molecule has 6 fully saturated rings. The van der Waals surface area contributed by atoms with E-state index in [1.165, 1.54) is 51.4 Å². The molecule has 6 rings (SSSR count). The minimum Gasteiger partial charge on any atom is -0.294 e. The molecule has 0 amide bonds. The molecule has 0 radical (unpaired) electrons. The van der Waals surface area contributed by atoms with Crippen LogP contribution in [0.15, 0.2) is 0 Å². The van der Waals surface area contributed by atoms with Crippen molar-refractivity contribution in [2.75, 3.05) is 0 Å². The summed E-state index contributed by atoms with van der Waals surface area (Å²) in [5.74, 6) is 8.68. The molecule has 31 heavy (non-hydrogen) atoms. The summed E-state index contributed by atoms with van der Waals surface area (Å²) in [6, 6.07) is 2.80. The summed E-state index contributed by atoms with van der Waals surface area (Å²) < 4.78 is 0. The van der Waals surface area contributed by atoms with E-state index in [2.05, 4.69) is 18.7 Å². The highest BCUT2D eigenvalue weighted by Gasteiger charge is 2.58. The first kappa shape index (κ1) is 21.5. The van der Waals surface area contributed by atoms with Crippen LogP contribution in [-0.4, -0.2) is 23.0 Å². The van der Waals surface area contributed by atoms with Crippen molar-refractivity contribution in [3.63, 3.8) is 0 Å². The second-order valence-corrected chi connectivity index (χ2v) is 13.6. The highest BCUT2D eigenvalue weighted by molar-refractivity contribution is 5.08. The highest BCUT2D eigenvalue weighted by Crippen LogP contribution is 2.63. The van der Waals surface area contributed by atoms with Crippen molar-refractivity contribution in [2.45, 2.75) is 141 Å². The van der Waals surface area contributed by atoms with Crippen LogP contribution in [0.25, 0.3) is 0 Å². The maximum absolute atomic E-state index is 3.30. The first-order chi connectivity index (χ1) is 15.2. The van der Waals surface area contributed by atoms with Crippen LogP contribution in [0.2, 0.25) is 0 Å². The maximum atomic E-state index is 3.30. The Morgan fingerprint density at radius 3 is 1.58 bits per heavy atom. The maximum Gasteiger partial charge on any atom is 0.0132 e. The Morgan fingerprint density at radius 1 is 0.452 bits per heavy atom. The largest absolute Gasteiger partial charge is 0.294 e. The van der Waals surface area contributed by atoms with E-state index in [-0.39, 0.29) is 0 Å². The van der Waals surface area contributed by atoms with Crippen LogP contribution in [0.1, 0.15) is 123 Å². The van der Waals surface area contributed by atoms with E-state index < -0.39 is 0 Å². The van der Waals surface area contributed by atoms with Crippen molar-refractivity contribution in [1.82, 2.24) is 4.90 Å². The molecule has 0 bridgehead atoms. The molecule has 0 aromatic heterocycles. The lowest BCUT2D eigenvalue weighted by molar-refractivity contribution is -0.0623. The summed E-state index contributed by atoms with van der Waals surface area (Å²) in [5.41, 5.74) is 0. The lowest BCUT2D eigenvalue weighted by Gasteiger charge is -2.55. The molecule has 0 heterocycles. The van der Waals surface area contributed by atoms with Crippen molar-refractivity contribution in [1.29, 1.82) is 0 Å². The summed E-state index contributed by atoms with van der Waals surface area (Å²) in [6.45, 7) is 5.12. The van der Waals surface area contributed by atoms with Gasteiger partial charge in [-0.2, -0.15) is 0 Å². The predicted molar refractivity (Wildman–Crippen MR) is 131 cm³/mol. The fourth-order valence-electron chi connectivity index (χ4n) is 11.0. The van der Waals surface area contributed by atoms with E-state index in [9.17, 15) is 0 Å². The van der Waals surface area contributed by atoms with Gasteiger partial charge in [0.15, 0.2) is 0 Å². The van der Waals surface area contributed by atoms with Crippen molar-refractivity contribution < 1.29 is 0 Å². The molecular weight excluding hydrogens is 374 g/mol. The Morgan fingerprint density at radius 2 is 0.968 bits per heavy atom. The molecule has 6 saturated carbocycles. The standard InChI is InChI=1S/C30H51N/c1-20-8-5-10-22(18-20)31(23-11-6-9-21(2)19-23)29-17-16-27-25-13-4-3-12-24(25)26-14-7-15-28(29)30(26)27/h20-30H,3-19H2,1-2H3. The Bertz CT molecular complexity index is 578. The van der Waals surface area contributed by atoms with Gasteiger partial charge in [-0.3, -0.25) is 4.90 Å². The molecular formula is C30H51N. The van der Waals surface area contributed by atoms with Crippen LogP contribution in [-0.2, 0) is 0 Å². The normalized spacial score (nSPS) is 52.5. The fourth-order valence-corrected chi connectivity index (χ4v) is 11.0. The van der Waals surface area contributed by atoms with Crippen LogP contribution >= 0.6 is 0 Å². The molecule has 11 unspecified atom stereocenters. The van der Waals surface area contributed by atoms with Crippen LogP contribution in [0.3, 0.4) is 0 Å². The first-order valence-electron chi connectivity index (χ1n) is 15.0. The monoisotopic (exact) mass is 425 g/mol. The first-order valence-corrected chi connectivity index (χ1v) is 15.0. The van der Waals surface area contributed by atoms with Gasteiger partial charge in [0.05, 0.1) is 0 Å². The molecule has 6 aliphatic rings.